The highest BCUT2D eigenvalue weighted by molar-refractivity contribution is 5.98. The van der Waals surface area contributed by atoms with Gasteiger partial charge in [0.05, 0.1) is 27.0 Å². The first-order chi connectivity index (χ1) is 17.0. The molecule has 0 aliphatic heterocycles. The molecule has 3 aromatic rings. The third-order valence-electron chi connectivity index (χ3n) is 6.27. The van der Waals surface area contributed by atoms with Crippen molar-refractivity contribution in [2.45, 2.75) is 44.3 Å². The number of ether oxygens (including phenoxy) is 2. The maximum atomic E-state index is 13.9. The molecule has 0 bridgehead atoms. The molecule has 1 aliphatic carbocycles. The fourth-order valence-corrected chi connectivity index (χ4v) is 4.47. The van der Waals surface area contributed by atoms with E-state index in [-0.39, 0.29) is 30.2 Å². The predicted molar refractivity (Wildman–Crippen MR) is 129 cm³/mol. The number of phenols is 1. The number of hydrogen-bond acceptors (Lipinski definition) is 6. The van der Waals surface area contributed by atoms with E-state index in [4.69, 9.17) is 13.9 Å². The summed E-state index contributed by atoms with van der Waals surface area (Å²) in [4.78, 5) is 29.1. The van der Waals surface area contributed by atoms with E-state index in [1.807, 2.05) is 0 Å². The second-order valence-corrected chi connectivity index (χ2v) is 8.57. The Morgan fingerprint density at radius 2 is 1.77 bits per heavy atom. The van der Waals surface area contributed by atoms with Crippen molar-refractivity contribution in [3.63, 3.8) is 0 Å². The van der Waals surface area contributed by atoms with Crippen molar-refractivity contribution in [2.75, 3.05) is 14.2 Å². The quantitative estimate of drug-likeness (QED) is 0.471. The van der Waals surface area contributed by atoms with Gasteiger partial charge in [-0.25, -0.2) is 0 Å². The van der Waals surface area contributed by atoms with E-state index in [0.717, 1.165) is 25.7 Å². The third kappa shape index (κ3) is 5.59. The summed E-state index contributed by atoms with van der Waals surface area (Å²) in [6.07, 6.45) is 5.49. The first-order valence-corrected chi connectivity index (χ1v) is 11.6. The molecule has 0 radical (unpaired) electrons. The lowest BCUT2D eigenvalue weighted by atomic mass is 10.0. The van der Waals surface area contributed by atoms with E-state index in [2.05, 4.69) is 5.32 Å². The second-order valence-electron chi connectivity index (χ2n) is 8.57. The zero-order valence-electron chi connectivity index (χ0n) is 19.9. The molecule has 2 aromatic carbocycles. The van der Waals surface area contributed by atoms with E-state index >= 15 is 0 Å². The molecule has 8 heteroatoms. The van der Waals surface area contributed by atoms with E-state index in [1.54, 1.807) is 42.5 Å². The standard InChI is InChI=1S/C27H30N2O6/c1-33-23-14-11-19(16-24(23)34-2)27(32)29(17-22-8-5-15-35-22)25(18-9-12-21(30)13-10-18)26(31)28-20-6-3-4-7-20/h5,8-16,20,25,30H,3-4,6-7,17H2,1-2H3,(H,28,31). The van der Waals surface area contributed by atoms with Gasteiger partial charge in [0.2, 0.25) is 5.91 Å². The number of furan rings is 1. The molecule has 1 aromatic heterocycles. The lowest BCUT2D eigenvalue weighted by Crippen LogP contribution is -2.45. The molecule has 2 amide bonds. The van der Waals surface area contributed by atoms with Crippen LogP contribution in [-0.4, -0.2) is 42.1 Å². The monoisotopic (exact) mass is 478 g/mol. The van der Waals surface area contributed by atoms with E-state index < -0.39 is 6.04 Å². The largest absolute Gasteiger partial charge is 0.508 e. The molecule has 0 spiro atoms. The molecule has 1 aliphatic rings. The Balaban J connectivity index is 1.75. The number of aromatic hydroxyl groups is 1. The van der Waals surface area contributed by atoms with Crippen molar-refractivity contribution >= 4 is 11.8 Å². The van der Waals surface area contributed by atoms with Gasteiger partial charge in [0.25, 0.3) is 5.91 Å². The summed E-state index contributed by atoms with van der Waals surface area (Å²) >= 11 is 0. The van der Waals surface area contributed by atoms with Crippen LogP contribution in [0, 0.1) is 0 Å². The van der Waals surface area contributed by atoms with Gasteiger partial charge in [-0.2, -0.15) is 0 Å². The summed E-state index contributed by atoms with van der Waals surface area (Å²) in [6.45, 7) is 0.0732. The van der Waals surface area contributed by atoms with Crippen LogP contribution in [0.4, 0.5) is 0 Å². The molecule has 8 nitrogen and oxygen atoms in total. The molecule has 35 heavy (non-hydrogen) atoms. The Kier molecular flexibility index (Phi) is 7.60. The molecule has 2 N–H and O–H groups in total. The smallest absolute Gasteiger partial charge is 0.255 e. The lowest BCUT2D eigenvalue weighted by Gasteiger charge is -2.32. The summed E-state index contributed by atoms with van der Waals surface area (Å²) in [5.41, 5.74) is 0.922. The number of carbonyl (C=O) groups is 2. The number of amides is 2. The summed E-state index contributed by atoms with van der Waals surface area (Å²) in [6, 6.07) is 13.9. The average Bonchev–Trinajstić information content (AvgIpc) is 3.58. The van der Waals surface area contributed by atoms with Gasteiger partial charge in [-0.3, -0.25) is 9.59 Å². The highest BCUT2D eigenvalue weighted by Gasteiger charge is 2.34. The molecule has 1 fully saturated rings. The van der Waals surface area contributed by atoms with Gasteiger partial charge in [-0.1, -0.05) is 25.0 Å². The van der Waals surface area contributed by atoms with E-state index in [1.165, 1.54) is 37.5 Å². The maximum absolute atomic E-state index is 13.9. The first kappa shape index (κ1) is 24.2. The van der Waals surface area contributed by atoms with Gasteiger partial charge < -0.3 is 29.2 Å². The number of carbonyl (C=O) groups excluding carboxylic acids is 2. The average molecular weight is 479 g/mol. The Labute approximate surface area is 204 Å². The number of rotatable bonds is 9. The van der Waals surface area contributed by atoms with Crippen molar-refractivity contribution in [3.05, 3.63) is 77.7 Å². The van der Waals surface area contributed by atoms with Crippen LogP contribution >= 0.6 is 0 Å². The molecular weight excluding hydrogens is 448 g/mol. The van der Waals surface area contributed by atoms with Gasteiger partial charge in [0.1, 0.15) is 17.6 Å². The van der Waals surface area contributed by atoms with Gasteiger partial charge in [0.15, 0.2) is 11.5 Å². The first-order valence-electron chi connectivity index (χ1n) is 11.6. The van der Waals surface area contributed by atoms with Crippen LogP contribution < -0.4 is 14.8 Å². The zero-order valence-corrected chi connectivity index (χ0v) is 19.9. The van der Waals surface area contributed by atoms with Gasteiger partial charge in [-0.05, 0) is 60.9 Å². The number of benzene rings is 2. The number of nitrogens with zero attached hydrogens (tertiary/aromatic N) is 1. The molecule has 184 valence electrons. The molecule has 1 atom stereocenters. The third-order valence-corrected chi connectivity index (χ3v) is 6.27. The van der Waals surface area contributed by atoms with Crippen molar-refractivity contribution in [2.24, 2.45) is 0 Å². The van der Waals surface area contributed by atoms with Crippen LogP contribution in [0.25, 0.3) is 0 Å². The Morgan fingerprint density at radius 3 is 2.40 bits per heavy atom. The van der Waals surface area contributed by atoms with Crippen LogP contribution in [0.3, 0.4) is 0 Å². The Morgan fingerprint density at radius 1 is 1.06 bits per heavy atom. The SMILES string of the molecule is COc1ccc(C(=O)N(Cc2ccco2)C(C(=O)NC2CCCC2)c2ccc(O)cc2)cc1OC. The molecule has 4 rings (SSSR count). The van der Waals surface area contributed by atoms with Crippen molar-refractivity contribution < 1.29 is 28.6 Å². The van der Waals surface area contributed by atoms with Crippen LogP contribution in [0.1, 0.15) is 53.4 Å². The molecule has 1 saturated carbocycles. The molecule has 1 unspecified atom stereocenters. The normalized spacial score (nSPS) is 14.3. The lowest BCUT2D eigenvalue weighted by molar-refractivity contribution is -0.126. The highest BCUT2D eigenvalue weighted by atomic mass is 16.5. The number of nitrogens with one attached hydrogen (secondary N) is 1. The molecule has 1 heterocycles. The second kappa shape index (κ2) is 11.0. The summed E-state index contributed by atoms with van der Waals surface area (Å²) in [5, 5.41) is 13.0. The van der Waals surface area contributed by atoms with Crippen LogP contribution in [-0.2, 0) is 11.3 Å². The van der Waals surface area contributed by atoms with E-state index in [9.17, 15) is 14.7 Å². The summed E-state index contributed by atoms with van der Waals surface area (Å²) in [7, 11) is 3.03. The minimum absolute atomic E-state index is 0.0729. The number of hydrogen-bond donors (Lipinski definition) is 2. The Bertz CT molecular complexity index is 1140. The highest BCUT2D eigenvalue weighted by Crippen LogP contribution is 2.32. The van der Waals surface area contributed by atoms with Gasteiger partial charge in [0, 0.05) is 11.6 Å². The van der Waals surface area contributed by atoms with Crippen LogP contribution in [0.2, 0.25) is 0 Å². The van der Waals surface area contributed by atoms with Crippen LogP contribution in [0.5, 0.6) is 17.2 Å². The predicted octanol–water partition coefficient (Wildman–Crippen LogP) is 4.44. The maximum Gasteiger partial charge on any atom is 0.255 e. The zero-order chi connectivity index (χ0) is 24.8. The summed E-state index contributed by atoms with van der Waals surface area (Å²) in [5.74, 6) is 0.873. The van der Waals surface area contributed by atoms with Crippen molar-refractivity contribution in [1.29, 1.82) is 0 Å². The summed E-state index contributed by atoms with van der Waals surface area (Å²) < 4.78 is 16.2. The molecular formula is C27H30N2O6. The number of phenolic OH excluding ortho intramolecular Hbond substituents is 1. The van der Waals surface area contributed by atoms with Crippen LogP contribution in [0.15, 0.2) is 65.3 Å². The number of methoxy groups -OCH3 is 2. The van der Waals surface area contributed by atoms with Crippen molar-refractivity contribution in [3.8, 4) is 17.2 Å². The fraction of sp³-hybridized carbons (Fsp3) is 0.333. The van der Waals surface area contributed by atoms with E-state index in [0.29, 0.717) is 28.4 Å². The van der Waals surface area contributed by atoms with Gasteiger partial charge >= 0.3 is 0 Å². The Hall–Kier alpha value is -3.94. The minimum atomic E-state index is -0.943. The molecule has 0 saturated heterocycles. The minimum Gasteiger partial charge on any atom is -0.508 e. The topological polar surface area (TPSA) is 101 Å². The van der Waals surface area contributed by atoms with Crippen molar-refractivity contribution in [1.82, 2.24) is 10.2 Å². The van der Waals surface area contributed by atoms with Gasteiger partial charge in [-0.15, -0.1) is 0 Å². The fourth-order valence-electron chi connectivity index (χ4n) is 4.47.